The molecule has 0 bridgehead atoms. The molecule has 0 saturated heterocycles. The lowest BCUT2D eigenvalue weighted by Crippen LogP contribution is -2.44. The van der Waals surface area contributed by atoms with Gasteiger partial charge in [0.25, 0.3) is 0 Å². The summed E-state index contributed by atoms with van der Waals surface area (Å²) in [6.07, 6.45) is 2.71. The van der Waals surface area contributed by atoms with Crippen molar-refractivity contribution < 1.29 is 15.0 Å². The van der Waals surface area contributed by atoms with Gasteiger partial charge in [0.2, 0.25) is 5.91 Å². The molecule has 5 heteroatoms. The molecule has 0 aromatic carbocycles. The van der Waals surface area contributed by atoms with Crippen molar-refractivity contribution in [2.75, 3.05) is 26.3 Å². The average Bonchev–Trinajstić information content (AvgIpc) is 2.63. The van der Waals surface area contributed by atoms with Gasteiger partial charge in [-0.3, -0.25) is 4.79 Å². The number of nitrogens with two attached hydrogens (primary N) is 1. The van der Waals surface area contributed by atoms with Crippen molar-refractivity contribution in [2.45, 2.75) is 25.3 Å². The van der Waals surface area contributed by atoms with E-state index in [1.165, 1.54) is 4.90 Å². The van der Waals surface area contributed by atoms with E-state index in [1.807, 2.05) is 0 Å². The molecule has 2 unspecified atom stereocenters. The highest BCUT2D eigenvalue weighted by Crippen LogP contribution is 2.25. The molecule has 0 heterocycles. The number of hydrogen-bond acceptors (Lipinski definition) is 4. The normalized spacial score (nSPS) is 25.5. The maximum Gasteiger partial charge on any atom is 0.227 e. The summed E-state index contributed by atoms with van der Waals surface area (Å²) >= 11 is 0. The van der Waals surface area contributed by atoms with Crippen molar-refractivity contribution in [1.82, 2.24) is 4.90 Å². The lowest BCUT2D eigenvalue weighted by Gasteiger charge is -2.25. The van der Waals surface area contributed by atoms with Crippen LogP contribution in [0.5, 0.6) is 0 Å². The highest BCUT2D eigenvalue weighted by atomic mass is 16.3. The number of nitrogens with zero attached hydrogens (tertiary/aromatic N) is 1. The summed E-state index contributed by atoms with van der Waals surface area (Å²) in [6.45, 7) is 0.409. The van der Waals surface area contributed by atoms with Crippen molar-refractivity contribution >= 4 is 5.91 Å². The predicted molar refractivity (Wildman–Crippen MR) is 56.1 cm³/mol. The molecule has 1 aliphatic rings. The molecule has 0 spiro atoms. The summed E-state index contributed by atoms with van der Waals surface area (Å²) in [7, 11) is 0. The van der Waals surface area contributed by atoms with Crippen molar-refractivity contribution in [2.24, 2.45) is 11.7 Å². The van der Waals surface area contributed by atoms with Crippen LogP contribution >= 0.6 is 0 Å². The van der Waals surface area contributed by atoms with E-state index in [9.17, 15) is 4.79 Å². The van der Waals surface area contributed by atoms with E-state index in [-0.39, 0.29) is 44.2 Å². The minimum absolute atomic E-state index is 0.0249. The molecule has 0 radical (unpaired) electrons. The van der Waals surface area contributed by atoms with Gasteiger partial charge >= 0.3 is 0 Å². The smallest absolute Gasteiger partial charge is 0.227 e. The summed E-state index contributed by atoms with van der Waals surface area (Å²) in [6, 6.07) is -0.0580. The number of hydrogen-bond donors (Lipinski definition) is 3. The largest absolute Gasteiger partial charge is 0.395 e. The first-order valence-electron chi connectivity index (χ1n) is 5.46. The Bertz CT molecular complexity index is 205. The Labute approximate surface area is 89.9 Å². The molecule has 2 atom stereocenters. The zero-order valence-electron chi connectivity index (χ0n) is 8.93. The van der Waals surface area contributed by atoms with E-state index >= 15 is 0 Å². The van der Waals surface area contributed by atoms with Gasteiger partial charge in [0, 0.05) is 19.1 Å². The van der Waals surface area contributed by atoms with Crippen molar-refractivity contribution in [3.63, 3.8) is 0 Å². The lowest BCUT2D eigenvalue weighted by molar-refractivity contribution is -0.136. The second-order valence-corrected chi connectivity index (χ2v) is 3.97. The SMILES string of the molecule is NC1CCCC1C(=O)N(CCO)CCO. The summed E-state index contributed by atoms with van der Waals surface area (Å²) in [5.41, 5.74) is 5.84. The average molecular weight is 216 g/mol. The Morgan fingerprint density at radius 3 is 2.27 bits per heavy atom. The van der Waals surface area contributed by atoms with Gasteiger partial charge in [-0.2, -0.15) is 0 Å². The summed E-state index contributed by atoms with van der Waals surface area (Å²) < 4.78 is 0. The molecule has 4 N–H and O–H groups in total. The molecule has 88 valence electrons. The fourth-order valence-corrected chi connectivity index (χ4v) is 2.10. The van der Waals surface area contributed by atoms with Gasteiger partial charge < -0.3 is 20.8 Å². The highest BCUT2D eigenvalue weighted by Gasteiger charge is 2.32. The van der Waals surface area contributed by atoms with E-state index in [2.05, 4.69) is 0 Å². The Morgan fingerprint density at radius 1 is 1.27 bits per heavy atom. The molecular formula is C10H20N2O3. The second kappa shape index (κ2) is 6.05. The first-order valence-corrected chi connectivity index (χ1v) is 5.46. The molecule has 0 aliphatic heterocycles. The first-order chi connectivity index (χ1) is 7.20. The van der Waals surface area contributed by atoms with Crippen LogP contribution in [0.25, 0.3) is 0 Å². The van der Waals surface area contributed by atoms with Gasteiger partial charge in [-0.05, 0) is 12.8 Å². The van der Waals surface area contributed by atoms with Gasteiger partial charge in [-0.1, -0.05) is 6.42 Å². The number of carbonyl (C=O) groups excluding carboxylic acids is 1. The highest BCUT2D eigenvalue weighted by molar-refractivity contribution is 5.79. The summed E-state index contributed by atoms with van der Waals surface area (Å²) in [5, 5.41) is 17.6. The minimum Gasteiger partial charge on any atom is -0.395 e. The van der Waals surface area contributed by atoms with Crippen LogP contribution in [-0.4, -0.2) is 53.4 Å². The summed E-state index contributed by atoms with van der Waals surface area (Å²) in [4.78, 5) is 13.5. The standard InChI is InChI=1S/C10H20N2O3/c11-9-3-1-2-8(9)10(15)12(4-6-13)5-7-14/h8-9,13-14H,1-7,11H2. The Hall–Kier alpha value is -0.650. The van der Waals surface area contributed by atoms with Crippen LogP contribution < -0.4 is 5.73 Å². The van der Waals surface area contributed by atoms with E-state index in [0.717, 1.165) is 19.3 Å². The topological polar surface area (TPSA) is 86.8 Å². The quantitative estimate of drug-likeness (QED) is 0.546. The van der Waals surface area contributed by atoms with Crippen molar-refractivity contribution in [1.29, 1.82) is 0 Å². The molecule has 1 fully saturated rings. The van der Waals surface area contributed by atoms with E-state index in [4.69, 9.17) is 15.9 Å². The van der Waals surface area contributed by atoms with E-state index < -0.39 is 0 Å². The molecule has 15 heavy (non-hydrogen) atoms. The van der Waals surface area contributed by atoms with Crippen molar-refractivity contribution in [3.05, 3.63) is 0 Å². The van der Waals surface area contributed by atoms with Gasteiger partial charge in [-0.15, -0.1) is 0 Å². The van der Waals surface area contributed by atoms with Gasteiger partial charge in [0.1, 0.15) is 0 Å². The van der Waals surface area contributed by atoms with Crippen LogP contribution in [0, 0.1) is 5.92 Å². The maximum absolute atomic E-state index is 12.0. The monoisotopic (exact) mass is 216 g/mol. The van der Waals surface area contributed by atoms with E-state index in [0.29, 0.717) is 0 Å². The molecule has 1 saturated carbocycles. The van der Waals surface area contributed by atoms with E-state index in [1.54, 1.807) is 0 Å². The Morgan fingerprint density at radius 2 is 1.87 bits per heavy atom. The number of amides is 1. The molecule has 1 aliphatic carbocycles. The Balaban J connectivity index is 2.54. The van der Waals surface area contributed by atoms with Gasteiger partial charge in [0.05, 0.1) is 19.1 Å². The number of rotatable bonds is 5. The van der Waals surface area contributed by atoms with Crippen LogP contribution in [0.4, 0.5) is 0 Å². The molecule has 1 rings (SSSR count). The number of aliphatic hydroxyl groups is 2. The molecule has 1 amide bonds. The van der Waals surface area contributed by atoms with Crippen LogP contribution in [0.3, 0.4) is 0 Å². The van der Waals surface area contributed by atoms with Crippen LogP contribution in [0.15, 0.2) is 0 Å². The maximum atomic E-state index is 12.0. The van der Waals surface area contributed by atoms with Crippen LogP contribution in [0.2, 0.25) is 0 Å². The second-order valence-electron chi connectivity index (χ2n) is 3.97. The zero-order chi connectivity index (χ0) is 11.3. The predicted octanol–water partition coefficient (Wildman–Crippen LogP) is -1.07. The third-order valence-corrected chi connectivity index (χ3v) is 2.94. The third kappa shape index (κ3) is 3.15. The number of aliphatic hydroxyl groups excluding tert-OH is 2. The lowest BCUT2D eigenvalue weighted by atomic mass is 10.0. The van der Waals surface area contributed by atoms with Gasteiger partial charge in [-0.25, -0.2) is 0 Å². The van der Waals surface area contributed by atoms with Crippen molar-refractivity contribution in [3.8, 4) is 0 Å². The van der Waals surface area contributed by atoms with Gasteiger partial charge in [0.15, 0.2) is 0 Å². The Kier molecular flexibility index (Phi) is 5.01. The molecule has 0 aromatic rings. The third-order valence-electron chi connectivity index (χ3n) is 2.94. The van der Waals surface area contributed by atoms with Crippen LogP contribution in [-0.2, 0) is 4.79 Å². The minimum atomic E-state index is -0.122. The molecular weight excluding hydrogens is 196 g/mol. The first kappa shape index (κ1) is 12.4. The summed E-state index contributed by atoms with van der Waals surface area (Å²) in [5.74, 6) is -0.147. The number of carbonyl (C=O) groups is 1. The fourth-order valence-electron chi connectivity index (χ4n) is 2.10. The zero-order valence-corrected chi connectivity index (χ0v) is 8.93. The molecule has 0 aromatic heterocycles. The fraction of sp³-hybridized carbons (Fsp3) is 0.900. The van der Waals surface area contributed by atoms with Crippen LogP contribution in [0.1, 0.15) is 19.3 Å². The molecule has 5 nitrogen and oxygen atoms in total.